The minimum atomic E-state index is -0.417. The topological polar surface area (TPSA) is 93.7 Å². The summed E-state index contributed by atoms with van der Waals surface area (Å²) in [5.74, 6) is 0.465. The van der Waals surface area contributed by atoms with Crippen LogP contribution in [0.4, 0.5) is 10.5 Å². The fourth-order valence-electron chi connectivity index (χ4n) is 3.48. The van der Waals surface area contributed by atoms with Gasteiger partial charge in [-0.3, -0.25) is 24.6 Å². The third-order valence-electron chi connectivity index (χ3n) is 5.48. The lowest BCUT2D eigenvalue weighted by atomic mass is 10.0. The number of imide groups is 1. The van der Waals surface area contributed by atoms with Gasteiger partial charge < -0.3 is 4.42 Å². The zero-order valence-electron chi connectivity index (χ0n) is 17.7. The highest BCUT2D eigenvalue weighted by atomic mass is 32.2. The van der Waals surface area contributed by atoms with Crippen LogP contribution in [0.1, 0.15) is 28.0 Å². The summed E-state index contributed by atoms with van der Waals surface area (Å²) in [6.07, 6.45) is 1.53. The first-order valence-corrected chi connectivity index (χ1v) is 10.7. The first kappa shape index (κ1) is 21.6. The number of hydrogen-bond acceptors (Lipinski definition) is 6. The van der Waals surface area contributed by atoms with Gasteiger partial charge in [0.25, 0.3) is 16.8 Å². The number of furan rings is 1. The van der Waals surface area contributed by atoms with Crippen LogP contribution in [0.15, 0.2) is 57.9 Å². The second kappa shape index (κ2) is 8.47. The van der Waals surface area contributed by atoms with Crippen LogP contribution in [0.3, 0.4) is 0 Å². The van der Waals surface area contributed by atoms with Crippen LogP contribution in [0.25, 0.3) is 17.4 Å². The number of aryl methyl sites for hydroxylation is 2. The maximum absolute atomic E-state index is 12.8. The molecule has 1 aromatic heterocycles. The average Bonchev–Trinajstić information content (AvgIpc) is 3.31. The second-order valence-electron chi connectivity index (χ2n) is 7.59. The van der Waals surface area contributed by atoms with E-state index in [0.717, 1.165) is 28.5 Å². The monoisotopic (exact) mass is 448 g/mol. The summed E-state index contributed by atoms with van der Waals surface area (Å²) >= 11 is 0.867. The van der Waals surface area contributed by atoms with Crippen molar-refractivity contribution in [1.82, 2.24) is 4.90 Å². The summed E-state index contributed by atoms with van der Waals surface area (Å²) in [6, 6.07) is 14.3. The van der Waals surface area contributed by atoms with Crippen molar-refractivity contribution in [1.29, 1.82) is 0 Å². The number of benzene rings is 2. The molecule has 162 valence electrons. The maximum Gasteiger partial charge on any atom is 0.293 e. The van der Waals surface area contributed by atoms with Crippen LogP contribution in [0.2, 0.25) is 0 Å². The van der Waals surface area contributed by atoms with E-state index in [0.29, 0.717) is 22.6 Å². The maximum atomic E-state index is 12.8. The lowest BCUT2D eigenvalue weighted by Gasteiger charge is -2.14. The zero-order valence-corrected chi connectivity index (χ0v) is 18.6. The molecule has 4 rings (SSSR count). The summed E-state index contributed by atoms with van der Waals surface area (Å²) < 4.78 is 5.82. The zero-order chi connectivity index (χ0) is 23.0. The third kappa shape index (κ3) is 4.09. The van der Waals surface area contributed by atoms with Crippen molar-refractivity contribution in [2.75, 3.05) is 0 Å². The van der Waals surface area contributed by atoms with Gasteiger partial charge in [0.1, 0.15) is 11.5 Å². The quantitative estimate of drug-likeness (QED) is 0.269. The lowest BCUT2D eigenvalue weighted by molar-refractivity contribution is -0.385. The largest absolute Gasteiger partial charge is 0.457 e. The van der Waals surface area contributed by atoms with Crippen molar-refractivity contribution >= 4 is 34.7 Å². The summed E-state index contributed by atoms with van der Waals surface area (Å²) in [5.41, 5.74) is 3.90. The Morgan fingerprint density at radius 2 is 1.81 bits per heavy atom. The fourth-order valence-corrected chi connectivity index (χ4v) is 4.30. The second-order valence-corrected chi connectivity index (χ2v) is 8.58. The van der Waals surface area contributed by atoms with Crippen molar-refractivity contribution in [2.45, 2.75) is 27.3 Å². The van der Waals surface area contributed by atoms with E-state index in [-0.39, 0.29) is 28.3 Å². The molecule has 1 aliphatic rings. The molecule has 0 atom stereocenters. The van der Waals surface area contributed by atoms with Gasteiger partial charge >= 0.3 is 0 Å². The van der Waals surface area contributed by atoms with Gasteiger partial charge in [-0.2, -0.15) is 0 Å². The molecule has 1 saturated heterocycles. The number of nitrogens with zero attached hydrogens (tertiary/aromatic N) is 2. The van der Waals surface area contributed by atoms with Crippen LogP contribution >= 0.6 is 11.8 Å². The first-order valence-electron chi connectivity index (χ1n) is 9.90. The van der Waals surface area contributed by atoms with E-state index in [1.54, 1.807) is 26.0 Å². The number of carbonyl (C=O) groups excluding carboxylic acids is 2. The predicted octanol–water partition coefficient (Wildman–Crippen LogP) is 6.02. The Bertz CT molecular complexity index is 1290. The molecule has 0 unspecified atom stereocenters. The Morgan fingerprint density at radius 3 is 2.53 bits per heavy atom. The van der Waals surface area contributed by atoms with E-state index >= 15 is 0 Å². The summed E-state index contributed by atoms with van der Waals surface area (Å²) in [7, 11) is 0. The van der Waals surface area contributed by atoms with Gasteiger partial charge in [0, 0.05) is 23.3 Å². The molecule has 32 heavy (non-hydrogen) atoms. The number of carbonyl (C=O) groups is 2. The number of amides is 2. The Hall–Kier alpha value is -3.65. The SMILES string of the molecule is Cc1ccccc1CN1C(=O)S/C(=C\c2ccc(-c3cc(C)c(C)c([N+](=O)[O-])c3)o2)C1=O. The molecule has 3 aromatic rings. The number of nitro benzene ring substituents is 1. The number of thioether (sulfide) groups is 1. The van der Waals surface area contributed by atoms with Crippen LogP contribution in [-0.4, -0.2) is 21.0 Å². The normalized spacial score (nSPS) is 15.1. The molecule has 0 spiro atoms. The molecule has 7 nitrogen and oxygen atoms in total. The molecule has 1 fully saturated rings. The van der Waals surface area contributed by atoms with Gasteiger partial charge in [-0.25, -0.2) is 0 Å². The molecule has 0 radical (unpaired) electrons. The standard InChI is InChI=1S/C24H20N2O5S/c1-14-6-4-5-7-17(14)13-25-23(27)22(32-24(25)28)12-19-8-9-21(31-19)18-10-15(2)16(3)20(11-18)26(29)30/h4-12H,13H2,1-3H3/b22-12-. The minimum absolute atomic E-state index is 0.0234. The van der Waals surface area contributed by atoms with Gasteiger partial charge in [0.05, 0.1) is 16.4 Å². The highest BCUT2D eigenvalue weighted by Gasteiger charge is 2.35. The molecule has 2 aromatic carbocycles. The summed E-state index contributed by atoms with van der Waals surface area (Å²) in [6.45, 7) is 5.66. The van der Waals surface area contributed by atoms with Crippen molar-refractivity contribution in [2.24, 2.45) is 0 Å². The lowest BCUT2D eigenvalue weighted by Crippen LogP contribution is -2.27. The predicted molar refractivity (Wildman–Crippen MR) is 123 cm³/mol. The highest BCUT2D eigenvalue weighted by molar-refractivity contribution is 8.18. The average molecular weight is 449 g/mol. The molecule has 0 bridgehead atoms. The van der Waals surface area contributed by atoms with Crippen LogP contribution < -0.4 is 0 Å². The van der Waals surface area contributed by atoms with Crippen LogP contribution in [0, 0.1) is 30.9 Å². The van der Waals surface area contributed by atoms with E-state index in [2.05, 4.69) is 0 Å². The Kier molecular flexibility index (Phi) is 5.71. The number of rotatable bonds is 5. The fraction of sp³-hybridized carbons (Fsp3) is 0.167. The van der Waals surface area contributed by atoms with Gasteiger partial charge in [-0.1, -0.05) is 24.3 Å². The van der Waals surface area contributed by atoms with E-state index in [4.69, 9.17) is 4.42 Å². The molecular weight excluding hydrogens is 428 g/mol. The summed E-state index contributed by atoms with van der Waals surface area (Å²) in [4.78, 5) is 37.7. The van der Waals surface area contributed by atoms with Gasteiger partial charge in [0.15, 0.2) is 0 Å². The molecule has 8 heteroatoms. The molecule has 0 aliphatic carbocycles. The van der Waals surface area contributed by atoms with E-state index in [1.807, 2.05) is 37.3 Å². The Morgan fingerprint density at radius 1 is 1.06 bits per heavy atom. The number of hydrogen-bond donors (Lipinski definition) is 0. The van der Waals surface area contributed by atoms with Crippen LogP contribution in [-0.2, 0) is 11.3 Å². The van der Waals surface area contributed by atoms with E-state index < -0.39 is 4.92 Å². The van der Waals surface area contributed by atoms with Gasteiger partial charge in [-0.15, -0.1) is 0 Å². The highest BCUT2D eigenvalue weighted by Crippen LogP contribution is 2.35. The van der Waals surface area contributed by atoms with Crippen LogP contribution in [0.5, 0.6) is 0 Å². The Balaban J connectivity index is 1.59. The molecule has 2 amide bonds. The first-order chi connectivity index (χ1) is 15.2. The van der Waals surface area contributed by atoms with Crippen molar-refractivity contribution in [3.05, 3.63) is 91.6 Å². The smallest absolute Gasteiger partial charge is 0.293 e. The van der Waals surface area contributed by atoms with E-state index in [1.165, 1.54) is 17.0 Å². The van der Waals surface area contributed by atoms with Gasteiger partial charge in [0.2, 0.25) is 0 Å². The third-order valence-corrected chi connectivity index (χ3v) is 6.39. The van der Waals surface area contributed by atoms with Crippen molar-refractivity contribution in [3.63, 3.8) is 0 Å². The molecule has 0 N–H and O–H groups in total. The van der Waals surface area contributed by atoms with Gasteiger partial charge in [-0.05, 0) is 67.4 Å². The molecule has 0 saturated carbocycles. The Labute approximate surface area is 188 Å². The summed E-state index contributed by atoms with van der Waals surface area (Å²) in [5, 5.41) is 11.0. The number of nitro groups is 1. The minimum Gasteiger partial charge on any atom is -0.457 e. The van der Waals surface area contributed by atoms with E-state index in [9.17, 15) is 19.7 Å². The molecule has 1 aliphatic heterocycles. The van der Waals surface area contributed by atoms with Crippen molar-refractivity contribution in [3.8, 4) is 11.3 Å². The molecule has 2 heterocycles. The molecular formula is C24H20N2O5S. The van der Waals surface area contributed by atoms with Crippen molar-refractivity contribution < 1.29 is 18.9 Å².